The third kappa shape index (κ3) is 4.04. The topological polar surface area (TPSA) is 67.4 Å². The van der Waals surface area contributed by atoms with Crippen molar-refractivity contribution in [1.82, 2.24) is 15.3 Å². The zero-order valence-electron chi connectivity index (χ0n) is 13.2. The second kappa shape index (κ2) is 7.19. The first-order chi connectivity index (χ1) is 11.2. The van der Waals surface area contributed by atoms with Crippen LogP contribution in [0.15, 0.2) is 36.4 Å². The van der Waals surface area contributed by atoms with Crippen molar-refractivity contribution in [3.8, 4) is 0 Å². The van der Waals surface area contributed by atoms with Gasteiger partial charge >= 0.3 is 0 Å². The lowest BCUT2D eigenvalue weighted by Gasteiger charge is -2.28. The van der Waals surface area contributed by atoms with E-state index in [-0.39, 0.29) is 5.91 Å². The van der Waals surface area contributed by atoms with Gasteiger partial charge in [-0.2, -0.15) is 0 Å². The zero-order chi connectivity index (χ0) is 16.1. The molecule has 1 amide bonds. The Morgan fingerprint density at radius 3 is 2.70 bits per heavy atom. The number of amides is 1. The molecule has 2 aromatic rings. The van der Waals surface area contributed by atoms with Crippen LogP contribution in [0.3, 0.4) is 0 Å². The first kappa shape index (κ1) is 15.4. The lowest BCUT2D eigenvalue weighted by molar-refractivity contribution is 0.0945. The van der Waals surface area contributed by atoms with Gasteiger partial charge in [0.25, 0.3) is 5.91 Å². The summed E-state index contributed by atoms with van der Waals surface area (Å²) < 4.78 is 5.35. The molecule has 2 heterocycles. The fraction of sp³-hybridized carbons (Fsp3) is 0.353. The number of carbonyl (C=O) groups excluding carboxylic acids is 1. The molecular formula is C17H20N4O2. The minimum Gasteiger partial charge on any atom is -0.378 e. The summed E-state index contributed by atoms with van der Waals surface area (Å²) in [5, 5.41) is 2.90. The molecule has 0 unspecified atom stereocenters. The first-order valence-electron chi connectivity index (χ1n) is 7.73. The highest BCUT2D eigenvalue weighted by atomic mass is 16.5. The van der Waals surface area contributed by atoms with Crippen molar-refractivity contribution in [2.45, 2.75) is 13.5 Å². The van der Waals surface area contributed by atoms with Crippen molar-refractivity contribution >= 4 is 11.7 Å². The summed E-state index contributed by atoms with van der Waals surface area (Å²) >= 11 is 0. The van der Waals surface area contributed by atoms with Crippen LogP contribution in [-0.4, -0.2) is 42.2 Å². The summed E-state index contributed by atoms with van der Waals surface area (Å²) in [4.78, 5) is 23.2. The Hall–Kier alpha value is -2.47. The highest BCUT2D eigenvalue weighted by molar-refractivity contribution is 5.92. The lowest BCUT2D eigenvalue weighted by atomic mass is 10.2. The molecule has 6 heteroatoms. The summed E-state index contributed by atoms with van der Waals surface area (Å²) in [5.41, 5.74) is 1.45. The van der Waals surface area contributed by atoms with E-state index in [4.69, 9.17) is 4.74 Å². The number of morpholine rings is 1. The van der Waals surface area contributed by atoms with Crippen molar-refractivity contribution in [2.75, 3.05) is 31.2 Å². The van der Waals surface area contributed by atoms with Crippen LogP contribution in [0.4, 0.5) is 5.82 Å². The van der Waals surface area contributed by atoms with Crippen LogP contribution in [0.1, 0.15) is 21.9 Å². The maximum absolute atomic E-state index is 12.4. The number of carbonyl (C=O) groups is 1. The Morgan fingerprint density at radius 1 is 1.22 bits per heavy atom. The van der Waals surface area contributed by atoms with Gasteiger partial charge in [-0.25, -0.2) is 9.97 Å². The minimum atomic E-state index is -0.186. The van der Waals surface area contributed by atoms with E-state index in [2.05, 4.69) is 20.2 Å². The fourth-order valence-corrected chi connectivity index (χ4v) is 2.49. The molecule has 0 spiro atoms. The maximum Gasteiger partial charge on any atom is 0.270 e. The van der Waals surface area contributed by atoms with Crippen LogP contribution >= 0.6 is 0 Å². The Balaban J connectivity index is 1.71. The monoisotopic (exact) mass is 312 g/mol. The van der Waals surface area contributed by atoms with Gasteiger partial charge in [-0.15, -0.1) is 0 Å². The van der Waals surface area contributed by atoms with Crippen LogP contribution < -0.4 is 10.2 Å². The molecule has 1 aromatic carbocycles. The average Bonchev–Trinajstić information content (AvgIpc) is 2.61. The standard InChI is InChI=1S/C17H20N4O2/c1-13-19-15(11-16(20-13)21-7-9-23-10-8-21)17(22)18-12-14-5-3-2-4-6-14/h2-6,11H,7-10,12H2,1H3,(H,18,22). The number of ether oxygens (including phenoxy) is 1. The van der Waals surface area contributed by atoms with Gasteiger partial charge in [-0.3, -0.25) is 4.79 Å². The van der Waals surface area contributed by atoms with Gasteiger partial charge < -0.3 is 15.0 Å². The highest BCUT2D eigenvalue weighted by Crippen LogP contribution is 2.14. The fourth-order valence-electron chi connectivity index (χ4n) is 2.49. The molecule has 1 aliphatic rings. The Labute approximate surface area is 135 Å². The number of rotatable bonds is 4. The second-order valence-electron chi connectivity index (χ2n) is 5.43. The summed E-state index contributed by atoms with van der Waals surface area (Å²) in [5.74, 6) is 1.19. The van der Waals surface area contributed by atoms with Crippen LogP contribution in [0.5, 0.6) is 0 Å². The summed E-state index contributed by atoms with van der Waals surface area (Å²) in [7, 11) is 0. The van der Waals surface area contributed by atoms with Crippen molar-refractivity contribution in [2.24, 2.45) is 0 Å². The van der Waals surface area contributed by atoms with Gasteiger partial charge in [0.1, 0.15) is 17.3 Å². The Kier molecular flexibility index (Phi) is 4.83. The van der Waals surface area contributed by atoms with E-state index in [1.807, 2.05) is 30.3 Å². The summed E-state index contributed by atoms with van der Waals surface area (Å²) in [6.45, 7) is 5.20. The molecule has 1 aromatic heterocycles. The predicted octanol–water partition coefficient (Wildman–Crippen LogP) is 1.55. The van der Waals surface area contributed by atoms with Crippen LogP contribution in [0.25, 0.3) is 0 Å². The SMILES string of the molecule is Cc1nc(C(=O)NCc2ccccc2)cc(N2CCOCC2)n1. The third-order valence-electron chi connectivity index (χ3n) is 3.69. The molecule has 0 saturated carbocycles. The molecular weight excluding hydrogens is 292 g/mol. The van der Waals surface area contributed by atoms with Crippen LogP contribution in [-0.2, 0) is 11.3 Å². The Bertz CT molecular complexity index is 670. The summed E-state index contributed by atoms with van der Waals surface area (Å²) in [6, 6.07) is 11.6. The number of hydrogen-bond acceptors (Lipinski definition) is 5. The number of aryl methyl sites for hydroxylation is 1. The number of nitrogens with zero attached hydrogens (tertiary/aromatic N) is 3. The number of aromatic nitrogens is 2. The quantitative estimate of drug-likeness (QED) is 0.928. The van der Waals surface area contributed by atoms with E-state index >= 15 is 0 Å². The van der Waals surface area contributed by atoms with E-state index in [0.29, 0.717) is 31.3 Å². The molecule has 0 atom stereocenters. The van der Waals surface area contributed by atoms with Gasteiger partial charge in [0.2, 0.25) is 0 Å². The van der Waals surface area contributed by atoms with Crippen molar-refractivity contribution in [3.63, 3.8) is 0 Å². The number of hydrogen-bond donors (Lipinski definition) is 1. The molecule has 0 aliphatic carbocycles. The van der Waals surface area contributed by atoms with Gasteiger partial charge in [0, 0.05) is 25.7 Å². The number of benzene rings is 1. The predicted molar refractivity (Wildman–Crippen MR) is 87.4 cm³/mol. The third-order valence-corrected chi connectivity index (χ3v) is 3.69. The molecule has 1 N–H and O–H groups in total. The minimum absolute atomic E-state index is 0.186. The van der Waals surface area contributed by atoms with Gasteiger partial charge in [-0.1, -0.05) is 30.3 Å². The molecule has 0 radical (unpaired) electrons. The molecule has 23 heavy (non-hydrogen) atoms. The molecule has 120 valence electrons. The zero-order valence-corrected chi connectivity index (χ0v) is 13.2. The van der Waals surface area contributed by atoms with E-state index in [1.165, 1.54) is 0 Å². The normalized spacial score (nSPS) is 14.6. The van der Waals surface area contributed by atoms with Crippen molar-refractivity contribution in [1.29, 1.82) is 0 Å². The van der Waals surface area contributed by atoms with E-state index in [9.17, 15) is 4.79 Å². The smallest absolute Gasteiger partial charge is 0.270 e. The Morgan fingerprint density at radius 2 is 1.96 bits per heavy atom. The van der Waals surface area contributed by atoms with E-state index in [0.717, 1.165) is 24.5 Å². The molecule has 1 saturated heterocycles. The van der Waals surface area contributed by atoms with E-state index in [1.54, 1.807) is 13.0 Å². The molecule has 1 aliphatic heterocycles. The van der Waals surface area contributed by atoms with Gasteiger partial charge in [0.05, 0.1) is 13.2 Å². The van der Waals surface area contributed by atoms with E-state index < -0.39 is 0 Å². The molecule has 1 fully saturated rings. The number of nitrogens with one attached hydrogen (secondary N) is 1. The highest BCUT2D eigenvalue weighted by Gasteiger charge is 2.16. The largest absolute Gasteiger partial charge is 0.378 e. The maximum atomic E-state index is 12.4. The van der Waals surface area contributed by atoms with Crippen LogP contribution in [0.2, 0.25) is 0 Å². The van der Waals surface area contributed by atoms with Crippen molar-refractivity contribution < 1.29 is 9.53 Å². The number of anilines is 1. The molecule has 6 nitrogen and oxygen atoms in total. The van der Waals surface area contributed by atoms with Crippen molar-refractivity contribution in [3.05, 3.63) is 53.5 Å². The second-order valence-corrected chi connectivity index (χ2v) is 5.43. The first-order valence-corrected chi connectivity index (χ1v) is 7.73. The van der Waals surface area contributed by atoms with Gasteiger partial charge in [-0.05, 0) is 12.5 Å². The average molecular weight is 312 g/mol. The molecule has 0 bridgehead atoms. The van der Waals surface area contributed by atoms with Crippen LogP contribution in [0, 0.1) is 6.92 Å². The summed E-state index contributed by atoms with van der Waals surface area (Å²) in [6.07, 6.45) is 0. The lowest BCUT2D eigenvalue weighted by Crippen LogP contribution is -2.37. The van der Waals surface area contributed by atoms with Gasteiger partial charge in [0.15, 0.2) is 0 Å². The molecule has 3 rings (SSSR count).